The molecule has 0 atom stereocenters. The van der Waals surface area contributed by atoms with Crippen LogP contribution in [0.1, 0.15) is 18.4 Å². The number of rotatable bonds is 6. The number of nitrogens with one attached hydrogen (secondary N) is 1. The number of ether oxygens (including phenoxy) is 1. The Balaban J connectivity index is 1.69. The highest BCUT2D eigenvalue weighted by molar-refractivity contribution is 5.90. The van der Waals surface area contributed by atoms with E-state index in [1.807, 2.05) is 61.5 Å². The lowest BCUT2D eigenvalue weighted by molar-refractivity contribution is -0.116. The largest absolute Gasteiger partial charge is 0.493 e. The number of anilines is 1. The van der Waals surface area contributed by atoms with Crippen molar-refractivity contribution in [1.29, 1.82) is 0 Å². The number of para-hydroxylation sites is 2. The Morgan fingerprint density at radius 2 is 1.75 bits per heavy atom. The van der Waals surface area contributed by atoms with Gasteiger partial charge in [-0.1, -0.05) is 36.4 Å². The van der Waals surface area contributed by atoms with E-state index in [1.54, 1.807) is 0 Å². The van der Waals surface area contributed by atoms with Crippen molar-refractivity contribution >= 4 is 11.6 Å². The number of hydrogen-bond acceptors (Lipinski definition) is 2. The van der Waals surface area contributed by atoms with Crippen molar-refractivity contribution < 1.29 is 9.53 Å². The van der Waals surface area contributed by atoms with Crippen molar-refractivity contribution in [1.82, 2.24) is 0 Å². The number of carbonyl (C=O) groups excluding carboxylic acids is 1. The maximum absolute atomic E-state index is 11.7. The van der Waals surface area contributed by atoms with Crippen LogP contribution in [0.2, 0.25) is 0 Å². The first kappa shape index (κ1) is 14.1. The Hall–Kier alpha value is -2.29. The first-order valence-electron chi connectivity index (χ1n) is 6.79. The summed E-state index contributed by atoms with van der Waals surface area (Å²) < 4.78 is 5.66. The summed E-state index contributed by atoms with van der Waals surface area (Å²) in [6, 6.07) is 17.4. The van der Waals surface area contributed by atoms with Gasteiger partial charge in [-0.15, -0.1) is 0 Å². The topological polar surface area (TPSA) is 38.3 Å². The molecule has 0 saturated carbocycles. The van der Waals surface area contributed by atoms with Gasteiger partial charge in [0.25, 0.3) is 0 Å². The predicted octanol–water partition coefficient (Wildman–Crippen LogP) is 3.79. The van der Waals surface area contributed by atoms with Crippen molar-refractivity contribution in [3.8, 4) is 5.75 Å². The molecule has 0 fully saturated rings. The van der Waals surface area contributed by atoms with Crippen LogP contribution in [0.25, 0.3) is 0 Å². The second-order valence-corrected chi connectivity index (χ2v) is 4.63. The summed E-state index contributed by atoms with van der Waals surface area (Å²) in [4.78, 5) is 11.7. The van der Waals surface area contributed by atoms with Crippen LogP contribution >= 0.6 is 0 Å². The van der Waals surface area contributed by atoms with E-state index in [9.17, 15) is 4.79 Å². The normalized spacial score (nSPS) is 10.1. The van der Waals surface area contributed by atoms with Crippen molar-refractivity contribution in [2.45, 2.75) is 19.8 Å². The second-order valence-electron chi connectivity index (χ2n) is 4.63. The summed E-state index contributed by atoms with van der Waals surface area (Å²) in [5.41, 5.74) is 1.94. The monoisotopic (exact) mass is 269 g/mol. The van der Waals surface area contributed by atoms with Gasteiger partial charge in [0.05, 0.1) is 6.61 Å². The third kappa shape index (κ3) is 4.43. The van der Waals surface area contributed by atoms with E-state index < -0.39 is 0 Å². The zero-order valence-electron chi connectivity index (χ0n) is 11.6. The Kier molecular flexibility index (Phi) is 5.18. The highest BCUT2D eigenvalue weighted by Crippen LogP contribution is 2.16. The van der Waals surface area contributed by atoms with Gasteiger partial charge in [0, 0.05) is 12.1 Å². The third-order valence-corrected chi connectivity index (χ3v) is 2.96. The van der Waals surface area contributed by atoms with E-state index in [4.69, 9.17) is 4.74 Å². The Bertz CT molecular complexity index is 552. The number of hydrogen-bond donors (Lipinski definition) is 1. The minimum absolute atomic E-state index is 0.0181. The van der Waals surface area contributed by atoms with Gasteiger partial charge >= 0.3 is 0 Å². The molecule has 2 aromatic carbocycles. The number of amides is 1. The summed E-state index contributed by atoms with van der Waals surface area (Å²) in [6.45, 7) is 2.56. The van der Waals surface area contributed by atoms with Crippen molar-refractivity contribution in [3.05, 3.63) is 60.2 Å². The zero-order valence-corrected chi connectivity index (χ0v) is 11.6. The summed E-state index contributed by atoms with van der Waals surface area (Å²) in [7, 11) is 0. The quantitative estimate of drug-likeness (QED) is 0.810. The summed E-state index contributed by atoms with van der Waals surface area (Å²) >= 11 is 0. The first-order valence-corrected chi connectivity index (χ1v) is 6.79. The van der Waals surface area contributed by atoms with Crippen molar-refractivity contribution in [2.75, 3.05) is 11.9 Å². The molecule has 0 heterocycles. The molecule has 0 bridgehead atoms. The molecule has 3 heteroatoms. The fourth-order valence-corrected chi connectivity index (χ4v) is 1.88. The van der Waals surface area contributed by atoms with Crippen molar-refractivity contribution in [2.24, 2.45) is 0 Å². The molecule has 0 saturated heterocycles. The summed E-state index contributed by atoms with van der Waals surface area (Å²) in [5, 5.41) is 2.86. The molecule has 104 valence electrons. The van der Waals surface area contributed by atoms with Crippen LogP contribution in [0.4, 0.5) is 5.69 Å². The molecule has 3 nitrogen and oxygen atoms in total. The van der Waals surface area contributed by atoms with Gasteiger partial charge < -0.3 is 10.1 Å². The maximum Gasteiger partial charge on any atom is 0.224 e. The predicted molar refractivity (Wildman–Crippen MR) is 81.0 cm³/mol. The molecule has 0 unspecified atom stereocenters. The Morgan fingerprint density at radius 1 is 1.05 bits per heavy atom. The van der Waals surface area contributed by atoms with Crippen LogP contribution in [0.3, 0.4) is 0 Å². The van der Waals surface area contributed by atoms with E-state index >= 15 is 0 Å². The molecule has 0 aliphatic carbocycles. The minimum Gasteiger partial charge on any atom is -0.493 e. The second kappa shape index (κ2) is 7.34. The first-order chi connectivity index (χ1) is 9.75. The molecule has 0 spiro atoms. The molecule has 0 aromatic heterocycles. The standard InChI is InChI=1S/C17H19NO2/c1-14-8-5-6-11-16(14)20-13-7-12-17(19)18-15-9-3-2-4-10-15/h2-6,8-11H,7,12-13H2,1H3,(H,18,19). The maximum atomic E-state index is 11.7. The number of benzene rings is 2. The van der Waals surface area contributed by atoms with Gasteiger partial charge in [-0.3, -0.25) is 4.79 Å². The van der Waals surface area contributed by atoms with Gasteiger partial charge in [0.15, 0.2) is 0 Å². The molecule has 0 radical (unpaired) electrons. The Morgan fingerprint density at radius 3 is 2.50 bits per heavy atom. The average Bonchev–Trinajstić information content (AvgIpc) is 2.46. The third-order valence-electron chi connectivity index (χ3n) is 2.96. The molecular formula is C17H19NO2. The smallest absolute Gasteiger partial charge is 0.224 e. The molecule has 2 aromatic rings. The number of carbonyl (C=O) groups is 1. The lowest BCUT2D eigenvalue weighted by atomic mass is 10.2. The van der Waals surface area contributed by atoms with E-state index in [0.717, 1.165) is 17.0 Å². The van der Waals surface area contributed by atoms with Crippen LogP contribution in [-0.2, 0) is 4.79 Å². The van der Waals surface area contributed by atoms with Gasteiger partial charge in [0.1, 0.15) is 5.75 Å². The van der Waals surface area contributed by atoms with Crippen molar-refractivity contribution in [3.63, 3.8) is 0 Å². The zero-order chi connectivity index (χ0) is 14.2. The summed E-state index contributed by atoms with van der Waals surface area (Å²) in [5.74, 6) is 0.903. The Labute approximate surface area is 119 Å². The van der Waals surface area contributed by atoms with Crippen LogP contribution in [-0.4, -0.2) is 12.5 Å². The summed E-state index contributed by atoms with van der Waals surface area (Å²) in [6.07, 6.45) is 1.16. The molecule has 1 amide bonds. The molecule has 1 N–H and O–H groups in total. The SMILES string of the molecule is Cc1ccccc1OCCCC(=O)Nc1ccccc1. The fourth-order valence-electron chi connectivity index (χ4n) is 1.88. The van der Waals surface area contributed by atoms with Gasteiger partial charge in [-0.25, -0.2) is 0 Å². The lowest BCUT2D eigenvalue weighted by Crippen LogP contribution is -2.12. The van der Waals surface area contributed by atoms with Crippen LogP contribution in [0.5, 0.6) is 5.75 Å². The van der Waals surface area contributed by atoms with Gasteiger partial charge in [-0.05, 0) is 37.1 Å². The molecule has 0 aliphatic heterocycles. The van der Waals surface area contributed by atoms with E-state index in [-0.39, 0.29) is 5.91 Å². The fraction of sp³-hybridized carbons (Fsp3) is 0.235. The minimum atomic E-state index is 0.0181. The molecular weight excluding hydrogens is 250 g/mol. The molecule has 2 rings (SSSR count). The average molecular weight is 269 g/mol. The van der Waals surface area contributed by atoms with Crippen LogP contribution < -0.4 is 10.1 Å². The van der Waals surface area contributed by atoms with Gasteiger partial charge in [0.2, 0.25) is 5.91 Å². The van der Waals surface area contributed by atoms with Gasteiger partial charge in [-0.2, -0.15) is 0 Å². The van der Waals surface area contributed by atoms with E-state index in [0.29, 0.717) is 19.4 Å². The van der Waals surface area contributed by atoms with Crippen LogP contribution in [0, 0.1) is 6.92 Å². The number of aryl methyl sites for hydroxylation is 1. The van der Waals surface area contributed by atoms with E-state index in [1.165, 1.54) is 0 Å². The van der Waals surface area contributed by atoms with Crippen LogP contribution in [0.15, 0.2) is 54.6 Å². The van der Waals surface area contributed by atoms with E-state index in [2.05, 4.69) is 5.32 Å². The molecule has 0 aliphatic rings. The lowest BCUT2D eigenvalue weighted by Gasteiger charge is -2.09. The molecule has 20 heavy (non-hydrogen) atoms. The highest BCUT2D eigenvalue weighted by atomic mass is 16.5. The highest BCUT2D eigenvalue weighted by Gasteiger charge is 2.03.